The zero-order chi connectivity index (χ0) is 13.4. The van der Waals surface area contributed by atoms with E-state index < -0.39 is 0 Å². The highest BCUT2D eigenvalue weighted by molar-refractivity contribution is 5.89. The fourth-order valence-electron chi connectivity index (χ4n) is 1.68. The van der Waals surface area contributed by atoms with Crippen LogP contribution in [0.5, 0.6) is 0 Å². The third-order valence-corrected chi connectivity index (χ3v) is 2.77. The Morgan fingerprint density at radius 1 is 1.28 bits per heavy atom. The normalized spacial score (nSPS) is 14.4. The molecule has 0 spiro atoms. The third-order valence-electron chi connectivity index (χ3n) is 2.77. The molecule has 0 aliphatic carbocycles. The van der Waals surface area contributed by atoms with Crippen molar-refractivity contribution < 1.29 is 4.79 Å². The maximum atomic E-state index is 10.7. The number of hydrogen-bond donors (Lipinski definition) is 2. The molecule has 0 aromatic heterocycles. The van der Waals surface area contributed by atoms with Crippen LogP contribution in [0.4, 0.5) is 5.69 Å². The van der Waals surface area contributed by atoms with E-state index in [0.717, 1.165) is 24.3 Å². The number of aryl methyl sites for hydroxylation is 1. The molecule has 0 radical (unpaired) electrons. The van der Waals surface area contributed by atoms with Gasteiger partial charge in [0.15, 0.2) is 0 Å². The fourth-order valence-corrected chi connectivity index (χ4v) is 1.68. The van der Waals surface area contributed by atoms with Crippen LogP contribution in [0.2, 0.25) is 0 Å². The molecule has 98 valence electrons. The zero-order valence-electron chi connectivity index (χ0n) is 11.3. The van der Waals surface area contributed by atoms with E-state index in [1.807, 2.05) is 31.2 Å². The van der Waals surface area contributed by atoms with Gasteiger partial charge in [-0.3, -0.25) is 4.79 Å². The molecule has 0 bridgehead atoms. The molecule has 1 aliphatic rings. The molecular formula is C15H22N2O. The molecular weight excluding hydrogens is 224 g/mol. The van der Waals surface area contributed by atoms with E-state index in [1.165, 1.54) is 25.3 Å². The lowest BCUT2D eigenvalue weighted by atomic mass is 10.1. The van der Waals surface area contributed by atoms with Crippen LogP contribution in [0.3, 0.4) is 0 Å². The molecule has 0 atom stereocenters. The second-order valence-electron chi connectivity index (χ2n) is 4.50. The molecule has 1 saturated heterocycles. The number of amides is 1. The number of nitrogens with one attached hydrogen (secondary N) is 2. The minimum atomic E-state index is -0.0284. The second kappa shape index (κ2) is 7.67. The quantitative estimate of drug-likeness (QED) is 0.748. The Kier molecular flexibility index (Phi) is 6.15. The van der Waals surface area contributed by atoms with Crippen molar-refractivity contribution >= 4 is 11.6 Å². The van der Waals surface area contributed by atoms with Gasteiger partial charge in [0, 0.05) is 12.6 Å². The van der Waals surface area contributed by atoms with Gasteiger partial charge in [-0.15, -0.1) is 0 Å². The first-order valence-corrected chi connectivity index (χ1v) is 6.30. The van der Waals surface area contributed by atoms with Crippen molar-refractivity contribution in [3.05, 3.63) is 42.0 Å². The molecule has 1 aromatic carbocycles. The van der Waals surface area contributed by atoms with E-state index in [-0.39, 0.29) is 5.91 Å². The van der Waals surface area contributed by atoms with Gasteiger partial charge >= 0.3 is 0 Å². The van der Waals surface area contributed by atoms with Gasteiger partial charge in [-0.25, -0.2) is 0 Å². The zero-order valence-corrected chi connectivity index (χ0v) is 11.3. The van der Waals surface area contributed by atoms with Crippen LogP contribution in [0.25, 0.3) is 0 Å². The number of hydrogen-bond acceptors (Lipinski definition) is 2. The van der Waals surface area contributed by atoms with Crippen LogP contribution in [0, 0.1) is 6.92 Å². The second-order valence-corrected chi connectivity index (χ2v) is 4.50. The molecule has 1 aliphatic heterocycles. The summed E-state index contributed by atoms with van der Waals surface area (Å²) in [6.45, 7) is 9.62. The number of anilines is 1. The lowest BCUT2D eigenvalue weighted by molar-refractivity contribution is -0.114. The Morgan fingerprint density at radius 2 is 1.89 bits per heavy atom. The molecule has 0 unspecified atom stereocenters. The summed E-state index contributed by atoms with van der Waals surface area (Å²) in [7, 11) is 0. The van der Waals surface area contributed by atoms with Gasteiger partial charge in [-0.2, -0.15) is 0 Å². The first-order valence-electron chi connectivity index (χ1n) is 6.30. The highest BCUT2D eigenvalue weighted by atomic mass is 16.1. The molecule has 1 heterocycles. The molecule has 1 aromatic rings. The lowest BCUT2D eigenvalue weighted by Crippen LogP contribution is -2.22. The van der Waals surface area contributed by atoms with E-state index in [4.69, 9.17) is 0 Å². The summed E-state index contributed by atoms with van der Waals surface area (Å²) in [6.07, 6.45) is 2.36. The largest absolute Gasteiger partial charge is 0.326 e. The molecule has 2 rings (SSSR count). The van der Waals surface area contributed by atoms with E-state index >= 15 is 0 Å². The number of rotatable bonds is 1. The van der Waals surface area contributed by atoms with E-state index in [1.54, 1.807) is 0 Å². The predicted octanol–water partition coefficient (Wildman–Crippen LogP) is 2.88. The standard InChI is InChI=1S/C9H11NO.C6H11N/c1-7-5-3-4-6-9(7)10-8(2)11;1-6-2-4-7-5-3-6/h3-6H,1-2H3,(H,10,11);7H,1-5H2. The number of carbonyl (C=O) groups is 1. The van der Waals surface area contributed by atoms with Crippen molar-refractivity contribution in [3.63, 3.8) is 0 Å². The summed E-state index contributed by atoms with van der Waals surface area (Å²) in [5.74, 6) is -0.0284. The van der Waals surface area contributed by atoms with Gasteiger partial charge in [0.05, 0.1) is 0 Å². The smallest absolute Gasteiger partial charge is 0.221 e. The van der Waals surface area contributed by atoms with Crippen molar-refractivity contribution in [2.24, 2.45) is 0 Å². The van der Waals surface area contributed by atoms with Gasteiger partial charge in [0.25, 0.3) is 0 Å². The fraction of sp³-hybridized carbons (Fsp3) is 0.400. The highest BCUT2D eigenvalue weighted by Gasteiger charge is 1.99. The maximum absolute atomic E-state index is 10.7. The predicted molar refractivity (Wildman–Crippen MR) is 76.7 cm³/mol. The van der Waals surface area contributed by atoms with Crippen LogP contribution in [-0.4, -0.2) is 19.0 Å². The third kappa shape index (κ3) is 5.64. The Balaban J connectivity index is 0.000000199. The average Bonchev–Trinajstić information content (AvgIpc) is 2.33. The molecule has 1 amide bonds. The number of benzene rings is 1. The summed E-state index contributed by atoms with van der Waals surface area (Å²) in [5.41, 5.74) is 3.38. The van der Waals surface area contributed by atoms with Crippen molar-refractivity contribution in [3.8, 4) is 0 Å². The van der Waals surface area contributed by atoms with E-state index in [0.29, 0.717) is 0 Å². The average molecular weight is 246 g/mol. The van der Waals surface area contributed by atoms with Gasteiger partial charge in [-0.05, 0) is 44.5 Å². The van der Waals surface area contributed by atoms with E-state index in [9.17, 15) is 4.79 Å². The molecule has 18 heavy (non-hydrogen) atoms. The SMILES string of the molecule is C=C1CCNCC1.CC(=O)Nc1ccccc1C. The van der Waals surface area contributed by atoms with Gasteiger partial charge < -0.3 is 10.6 Å². The van der Waals surface area contributed by atoms with Crippen molar-refractivity contribution in [2.45, 2.75) is 26.7 Å². The Bertz CT molecular complexity index is 405. The van der Waals surface area contributed by atoms with Crippen LogP contribution in [0.15, 0.2) is 36.4 Å². The van der Waals surface area contributed by atoms with Gasteiger partial charge in [0.1, 0.15) is 0 Å². The van der Waals surface area contributed by atoms with Crippen molar-refractivity contribution in [2.75, 3.05) is 18.4 Å². The highest BCUT2D eigenvalue weighted by Crippen LogP contribution is 2.12. The Hall–Kier alpha value is -1.61. The number of para-hydroxylation sites is 1. The van der Waals surface area contributed by atoms with Crippen molar-refractivity contribution in [1.29, 1.82) is 0 Å². The Labute approximate surface area is 109 Å². The molecule has 3 heteroatoms. The first kappa shape index (κ1) is 14.5. The summed E-state index contributed by atoms with van der Waals surface area (Å²) >= 11 is 0. The van der Waals surface area contributed by atoms with Gasteiger partial charge in [0.2, 0.25) is 5.91 Å². The molecule has 2 N–H and O–H groups in total. The molecule has 3 nitrogen and oxygen atoms in total. The minimum Gasteiger partial charge on any atom is -0.326 e. The molecule has 0 saturated carbocycles. The van der Waals surface area contributed by atoms with E-state index in [2.05, 4.69) is 17.2 Å². The summed E-state index contributed by atoms with van der Waals surface area (Å²) in [6, 6.07) is 7.70. The van der Waals surface area contributed by atoms with Crippen LogP contribution >= 0.6 is 0 Å². The summed E-state index contributed by atoms with van der Waals surface area (Å²) in [5, 5.41) is 5.99. The maximum Gasteiger partial charge on any atom is 0.221 e. The monoisotopic (exact) mass is 246 g/mol. The van der Waals surface area contributed by atoms with Crippen LogP contribution in [0.1, 0.15) is 25.3 Å². The molecule has 1 fully saturated rings. The first-order chi connectivity index (χ1) is 8.59. The van der Waals surface area contributed by atoms with Gasteiger partial charge in [-0.1, -0.05) is 30.4 Å². The topological polar surface area (TPSA) is 41.1 Å². The van der Waals surface area contributed by atoms with Crippen molar-refractivity contribution in [1.82, 2.24) is 5.32 Å². The lowest BCUT2D eigenvalue weighted by Gasteiger charge is -2.12. The number of carbonyl (C=O) groups excluding carboxylic acids is 1. The van der Waals surface area contributed by atoms with Crippen LogP contribution < -0.4 is 10.6 Å². The number of piperidine rings is 1. The minimum absolute atomic E-state index is 0.0284. The Morgan fingerprint density at radius 3 is 2.33 bits per heavy atom. The summed E-state index contributed by atoms with van der Waals surface area (Å²) < 4.78 is 0. The summed E-state index contributed by atoms with van der Waals surface area (Å²) in [4.78, 5) is 10.7. The van der Waals surface area contributed by atoms with Crippen LogP contribution in [-0.2, 0) is 4.79 Å².